The van der Waals surface area contributed by atoms with E-state index in [1.165, 1.54) is 35.2 Å². The second-order valence-corrected chi connectivity index (χ2v) is 8.58. The fourth-order valence-corrected chi connectivity index (χ4v) is 4.71. The highest BCUT2D eigenvalue weighted by molar-refractivity contribution is 7.98. The fraction of sp³-hybridized carbons (Fsp3) is 0.143. The number of hydrogen-bond donors (Lipinski definition) is 2. The second kappa shape index (κ2) is 8.76. The van der Waals surface area contributed by atoms with Gasteiger partial charge in [-0.1, -0.05) is 53.4 Å². The number of amides is 1. The largest absolute Gasteiger partial charge is 0.302 e. The molecule has 0 saturated heterocycles. The number of aromatic nitrogens is 3. The van der Waals surface area contributed by atoms with E-state index in [-0.39, 0.29) is 23.7 Å². The number of para-hydroxylation sites is 1. The number of rotatable bonds is 6. The van der Waals surface area contributed by atoms with Gasteiger partial charge in [0.2, 0.25) is 5.91 Å². The Bertz CT molecular complexity index is 1290. The van der Waals surface area contributed by atoms with E-state index in [9.17, 15) is 14.0 Å². The number of hydrogen-bond acceptors (Lipinski definition) is 6. The van der Waals surface area contributed by atoms with Crippen LogP contribution in [-0.4, -0.2) is 20.9 Å². The Morgan fingerprint density at radius 1 is 1.20 bits per heavy atom. The highest BCUT2D eigenvalue weighted by atomic mass is 32.2. The molecule has 0 aliphatic rings. The number of anilines is 1. The zero-order valence-corrected chi connectivity index (χ0v) is 17.6. The number of carbonyl (C=O) groups excluding carboxylic acids is 1. The number of thioether (sulfide) groups is 1. The van der Waals surface area contributed by atoms with E-state index in [1.807, 2.05) is 25.1 Å². The van der Waals surface area contributed by atoms with Crippen LogP contribution in [0, 0.1) is 12.7 Å². The van der Waals surface area contributed by atoms with E-state index in [2.05, 4.69) is 20.3 Å². The number of thiazole rings is 1. The van der Waals surface area contributed by atoms with Gasteiger partial charge in [0.15, 0.2) is 10.3 Å². The summed E-state index contributed by atoms with van der Waals surface area (Å²) in [5.74, 6) is -0.306. The van der Waals surface area contributed by atoms with E-state index in [0.29, 0.717) is 27.3 Å². The van der Waals surface area contributed by atoms with Crippen molar-refractivity contribution in [1.29, 1.82) is 0 Å². The smallest absolute Gasteiger partial charge is 0.251 e. The molecule has 0 fully saturated rings. The molecule has 0 spiro atoms. The Hall–Kier alpha value is -3.04. The van der Waals surface area contributed by atoms with Crippen LogP contribution in [0.5, 0.6) is 0 Å². The van der Waals surface area contributed by atoms with Gasteiger partial charge in [0.05, 0.1) is 22.3 Å². The first-order valence-corrected chi connectivity index (χ1v) is 10.9. The van der Waals surface area contributed by atoms with Crippen molar-refractivity contribution in [2.75, 3.05) is 5.32 Å². The molecule has 2 aromatic heterocycles. The number of nitrogens with zero attached hydrogens (tertiary/aromatic N) is 2. The van der Waals surface area contributed by atoms with Gasteiger partial charge >= 0.3 is 0 Å². The Labute approximate surface area is 179 Å². The minimum atomic E-state index is -0.362. The average Bonchev–Trinajstić information content (AvgIpc) is 3.10. The van der Waals surface area contributed by atoms with Gasteiger partial charge in [-0.3, -0.25) is 9.59 Å². The minimum absolute atomic E-state index is 0.0634. The summed E-state index contributed by atoms with van der Waals surface area (Å²) >= 11 is 2.60. The predicted molar refractivity (Wildman–Crippen MR) is 118 cm³/mol. The molecule has 6 nitrogen and oxygen atoms in total. The molecule has 4 aromatic rings. The van der Waals surface area contributed by atoms with Gasteiger partial charge in [0.1, 0.15) is 5.82 Å². The summed E-state index contributed by atoms with van der Waals surface area (Å²) in [4.78, 5) is 35.8. The molecule has 0 atom stereocenters. The van der Waals surface area contributed by atoms with Crippen LogP contribution in [0.15, 0.2) is 58.5 Å². The van der Waals surface area contributed by atoms with E-state index in [1.54, 1.807) is 18.2 Å². The maximum atomic E-state index is 13.8. The van der Waals surface area contributed by atoms with Crippen molar-refractivity contribution in [3.05, 3.63) is 81.5 Å². The van der Waals surface area contributed by atoms with E-state index >= 15 is 0 Å². The van der Waals surface area contributed by atoms with Crippen LogP contribution in [0.25, 0.3) is 10.2 Å². The normalized spacial score (nSPS) is 11.0. The van der Waals surface area contributed by atoms with Crippen LogP contribution < -0.4 is 10.9 Å². The van der Waals surface area contributed by atoms with Crippen molar-refractivity contribution < 1.29 is 9.18 Å². The van der Waals surface area contributed by atoms with Crippen LogP contribution in [0.2, 0.25) is 0 Å². The first-order valence-electron chi connectivity index (χ1n) is 9.10. The maximum absolute atomic E-state index is 13.8. The summed E-state index contributed by atoms with van der Waals surface area (Å²) in [5.41, 5.74) is 2.39. The molecule has 2 N–H and O–H groups in total. The lowest BCUT2D eigenvalue weighted by molar-refractivity contribution is -0.115. The highest BCUT2D eigenvalue weighted by Gasteiger charge is 2.12. The van der Waals surface area contributed by atoms with Crippen molar-refractivity contribution in [3.63, 3.8) is 0 Å². The molecule has 2 heterocycles. The summed E-state index contributed by atoms with van der Waals surface area (Å²) in [6.07, 6.45) is -0.0634. The molecular formula is C21H17FN4O2S2. The van der Waals surface area contributed by atoms with Crippen molar-refractivity contribution in [3.8, 4) is 0 Å². The Balaban J connectivity index is 1.44. The molecule has 0 unspecified atom stereocenters. The Morgan fingerprint density at radius 2 is 2.03 bits per heavy atom. The number of halogens is 1. The SMILES string of the molecule is Cc1cccc2sc(NC(=O)Cc3cc(=O)[nH]c(SCc4ccccc4F)n3)nc12. The number of nitrogens with one attached hydrogen (secondary N) is 2. The quantitative estimate of drug-likeness (QED) is 0.345. The summed E-state index contributed by atoms with van der Waals surface area (Å²) in [7, 11) is 0. The van der Waals surface area contributed by atoms with Crippen LogP contribution in [0.4, 0.5) is 9.52 Å². The van der Waals surface area contributed by atoms with E-state index < -0.39 is 0 Å². The molecule has 4 rings (SSSR count). The third kappa shape index (κ3) is 4.74. The summed E-state index contributed by atoms with van der Waals surface area (Å²) < 4.78 is 14.8. The molecule has 0 aliphatic carbocycles. The first-order chi connectivity index (χ1) is 14.5. The Morgan fingerprint density at radius 3 is 2.83 bits per heavy atom. The van der Waals surface area contributed by atoms with Gasteiger partial charge in [-0.25, -0.2) is 14.4 Å². The van der Waals surface area contributed by atoms with Gasteiger partial charge in [-0.15, -0.1) is 0 Å². The molecule has 0 radical (unpaired) electrons. The van der Waals surface area contributed by atoms with Crippen LogP contribution in [0.3, 0.4) is 0 Å². The topological polar surface area (TPSA) is 87.7 Å². The number of carbonyl (C=O) groups is 1. The van der Waals surface area contributed by atoms with Crippen molar-refractivity contribution in [2.45, 2.75) is 24.3 Å². The fourth-order valence-electron chi connectivity index (χ4n) is 2.87. The maximum Gasteiger partial charge on any atom is 0.251 e. The Kier molecular flexibility index (Phi) is 5.91. The molecular weight excluding hydrogens is 423 g/mol. The summed E-state index contributed by atoms with van der Waals surface area (Å²) in [6.45, 7) is 1.97. The van der Waals surface area contributed by atoms with Gasteiger partial charge in [-0.2, -0.15) is 0 Å². The molecule has 2 aromatic carbocycles. The molecule has 0 aliphatic heterocycles. The van der Waals surface area contributed by atoms with Gasteiger partial charge < -0.3 is 10.3 Å². The molecule has 30 heavy (non-hydrogen) atoms. The standard InChI is InChI=1S/C21H17FN4O2S2/c1-12-5-4-8-16-19(12)26-21(30-16)25-18(28)10-14-9-17(27)24-20(23-14)29-11-13-6-2-3-7-15(13)22/h2-9H,10-11H2,1H3,(H,23,24,27)(H,25,26,28). The van der Waals surface area contributed by atoms with Gasteiger partial charge in [0.25, 0.3) is 5.56 Å². The number of H-pyrrole nitrogens is 1. The summed E-state index contributed by atoms with van der Waals surface area (Å²) in [5, 5.41) is 3.61. The average molecular weight is 441 g/mol. The lowest BCUT2D eigenvalue weighted by atomic mass is 10.2. The lowest BCUT2D eigenvalue weighted by Gasteiger charge is -2.05. The van der Waals surface area contributed by atoms with Crippen LogP contribution in [-0.2, 0) is 17.0 Å². The third-order valence-electron chi connectivity index (χ3n) is 4.30. The summed E-state index contributed by atoms with van der Waals surface area (Å²) in [6, 6.07) is 13.6. The second-order valence-electron chi connectivity index (χ2n) is 6.59. The van der Waals surface area contributed by atoms with Gasteiger partial charge in [0, 0.05) is 11.8 Å². The van der Waals surface area contributed by atoms with Crippen molar-refractivity contribution in [1.82, 2.24) is 15.0 Å². The highest BCUT2D eigenvalue weighted by Crippen LogP contribution is 2.28. The first kappa shape index (κ1) is 20.2. The van der Waals surface area contributed by atoms with E-state index in [4.69, 9.17) is 0 Å². The number of aromatic amines is 1. The molecule has 1 amide bonds. The van der Waals surface area contributed by atoms with Crippen LogP contribution in [0.1, 0.15) is 16.8 Å². The van der Waals surface area contributed by atoms with Crippen LogP contribution >= 0.6 is 23.1 Å². The number of benzene rings is 2. The van der Waals surface area contributed by atoms with Gasteiger partial charge in [-0.05, 0) is 30.2 Å². The zero-order valence-electron chi connectivity index (χ0n) is 15.9. The molecule has 9 heteroatoms. The predicted octanol–water partition coefficient (Wildman–Crippen LogP) is 4.30. The lowest BCUT2D eigenvalue weighted by Crippen LogP contribution is -2.18. The molecule has 0 bridgehead atoms. The monoisotopic (exact) mass is 440 g/mol. The van der Waals surface area contributed by atoms with Crippen molar-refractivity contribution >= 4 is 44.4 Å². The molecule has 0 saturated carbocycles. The van der Waals surface area contributed by atoms with Crippen molar-refractivity contribution in [2.24, 2.45) is 0 Å². The number of fused-ring (bicyclic) bond motifs is 1. The minimum Gasteiger partial charge on any atom is -0.302 e. The third-order valence-corrected chi connectivity index (χ3v) is 6.16. The van der Waals surface area contributed by atoms with E-state index in [0.717, 1.165) is 15.8 Å². The molecule has 152 valence electrons. The number of aryl methyl sites for hydroxylation is 1. The zero-order chi connectivity index (χ0) is 21.1.